The van der Waals surface area contributed by atoms with Gasteiger partial charge in [0, 0.05) is 12.6 Å². The molecule has 4 atom stereocenters. The van der Waals surface area contributed by atoms with Gasteiger partial charge in [-0.3, -0.25) is 0 Å². The molecular weight excluding hydrogens is 174 g/mol. The predicted molar refractivity (Wildman–Crippen MR) is 58.0 cm³/mol. The highest BCUT2D eigenvalue weighted by Crippen LogP contribution is 2.50. The molecule has 2 rings (SSSR count). The van der Waals surface area contributed by atoms with Crippen molar-refractivity contribution >= 4 is 0 Å². The van der Waals surface area contributed by atoms with Crippen molar-refractivity contribution in [1.29, 1.82) is 0 Å². The molecule has 2 bridgehead atoms. The Morgan fingerprint density at radius 3 is 2.64 bits per heavy atom. The molecule has 2 saturated carbocycles. The maximum atomic E-state index is 6.21. The fourth-order valence-corrected chi connectivity index (χ4v) is 3.61. The summed E-state index contributed by atoms with van der Waals surface area (Å²) in [4.78, 5) is 0. The van der Waals surface area contributed by atoms with E-state index in [1.54, 1.807) is 7.11 Å². The van der Waals surface area contributed by atoms with Gasteiger partial charge in [-0.1, -0.05) is 6.42 Å². The molecular formula is C12H23NO. The van der Waals surface area contributed by atoms with Gasteiger partial charge in [0.25, 0.3) is 0 Å². The second kappa shape index (κ2) is 3.82. The van der Waals surface area contributed by atoms with Gasteiger partial charge >= 0.3 is 0 Å². The van der Waals surface area contributed by atoms with E-state index < -0.39 is 0 Å². The molecule has 2 aliphatic rings. The van der Waals surface area contributed by atoms with Gasteiger partial charge in [-0.05, 0) is 50.4 Å². The molecule has 82 valence electrons. The topological polar surface area (TPSA) is 35.2 Å². The molecule has 0 aromatic carbocycles. The van der Waals surface area contributed by atoms with Crippen LogP contribution in [0.1, 0.15) is 39.0 Å². The molecule has 2 fully saturated rings. The highest BCUT2D eigenvalue weighted by molar-refractivity contribution is 4.94. The van der Waals surface area contributed by atoms with Gasteiger partial charge in [0.2, 0.25) is 0 Å². The summed E-state index contributed by atoms with van der Waals surface area (Å²) in [6.45, 7) is 2.82. The van der Waals surface area contributed by atoms with E-state index in [2.05, 4.69) is 6.92 Å². The minimum Gasteiger partial charge on any atom is -0.383 e. The van der Waals surface area contributed by atoms with Crippen molar-refractivity contribution in [2.75, 3.05) is 13.7 Å². The minimum atomic E-state index is -0.107. The molecule has 2 heteroatoms. The molecule has 4 unspecified atom stereocenters. The lowest BCUT2D eigenvalue weighted by Crippen LogP contribution is -2.43. The molecule has 2 nitrogen and oxygen atoms in total. The second-order valence-corrected chi connectivity index (χ2v) is 5.73. The highest BCUT2D eigenvalue weighted by atomic mass is 16.5. The largest absolute Gasteiger partial charge is 0.383 e. The van der Waals surface area contributed by atoms with Crippen LogP contribution in [0, 0.1) is 17.8 Å². The van der Waals surface area contributed by atoms with Gasteiger partial charge < -0.3 is 10.5 Å². The second-order valence-electron chi connectivity index (χ2n) is 5.73. The third-order valence-corrected chi connectivity index (χ3v) is 4.09. The zero-order valence-electron chi connectivity index (χ0n) is 9.46. The van der Waals surface area contributed by atoms with Crippen LogP contribution in [0.15, 0.2) is 0 Å². The van der Waals surface area contributed by atoms with Gasteiger partial charge in [-0.15, -0.1) is 0 Å². The quantitative estimate of drug-likeness (QED) is 0.749. The van der Waals surface area contributed by atoms with Crippen LogP contribution in [0.4, 0.5) is 0 Å². The monoisotopic (exact) mass is 197 g/mol. The SMILES string of the molecule is COCC(C)(N)CC1CC2CCC1C2. The molecule has 0 aromatic heterocycles. The van der Waals surface area contributed by atoms with Crippen LogP contribution in [0.2, 0.25) is 0 Å². The van der Waals surface area contributed by atoms with Crippen LogP contribution < -0.4 is 5.73 Å². The summed E-state index contributed by atoms with van der Waals surface area (Å²) in [6.07, 6.45) is 7.00. The molecule has 0 spiro atoms. The molecule has 14 heavy (non-hydrogen) atoms. The zero-order chi connectivity index (χ0) is 10.2. The first kappa shape index (κ1) is 10.4. The first-order valence-electron chi connectivity index (χ1n) is 5.88. The van der Waals surface area contributed by atoms with E-state index in [-0.39, 0.29) is 5.54 Å². The summed E-state index contributed by atoms with van der Waals surface area (Å²) in [6, 6.07) is 0. The normalized spacial score (nSPS) is 40.1. The molecule has 0 heterocycles. The lowest BCUT2D eigenvalue weighted by molar-refractivity contribution is 0.116. The summed E-state index contributed by atoms with van der Waals surface area (Å²) in [5, 5.41) is 0. The Labute approximate surface area is 87.2 Å². The number of hydrogen-bond acceptors (Lipinski definition) is 2. The van der Waals surface area contributed by atoms with Gasteiger partial charge in [-0.2, -0.15) is 0 Å². The Kier molecular flexibility index (Phi) is 2.85. The van der Waals surface area contributed by atoms with E-state index >= 15 is 0 Å². The average Bonchev–Trinajstić information content (AvgIpc) is 2.63. The number of nitrogens with two attached hydrogens (primary N) is 1. The first-order chi connectivity index (χ1) is 6.61. The summed E-state index contributed by atoms with van der Waals surface area (Å²) in [5.74, 6) is 2.90. The minimum absolute atomic E-state index is 0.107. The average molecular weight is 197 g/mol. The number of rotatable bonds is 4. The van der Waals surface area contributed by atoms with Crippen molar-refractivity contribution in [2.45, 2.75) is 44.6 Å². The van der Waals surface area contributed by atoms with E-state index in [1.165, 1.54) is 25.7 Å². The Morgan fingerprint density at radius 2 is 2.14 bits per heavy atom. The van der Waals surface area contributed by atoms with Crippen LogP contribution >= 0.6 is 0 Å². The van der Waals surface area contributed by atoms with Crippen molar-refractivity contribution < 1.29 is 4.74 Å². The summed E-state index contributed by atoms with van der Waals surface area (Å²) in [5.41, 5.74) is 6.11. The third kappa shape index (κ3) is 2.12. The fraction of sp³-hybridized carbons (Fsp3) is 1.00. The van der Waals surface area contributed by atoms with Crippen LogP contribution in [-0.4, -0.2) is 19.3 Å². The number of methoxy groups -OCH3 is 1. The van der Waals surface area contributed by atoms with Gasteiger partial charge in [-0.25, -0.2) is 0 Å². The van der Waals surface area contributed by atoms with Crippen LogP contribution in [-0.2, 0) is 4.74 Å². The van der Waals surface area contributed by atoms with Crippen LogP contribution in [0.3, 0.4) is 0 Å². The molecule has 0 aromatic rings. The number of ether oxygens (including phenoxy) is 1. The van der Waals surface area contributed by atoms with Crippen molar-refractivity contribution in [1.82, 2.24) is 0 Å². The van der Waals surface area contributed by atoms with Crippen LogP contribution in [0.5, 0.6) is 0 Å². The van der Waals surface area contributed by atoms with Crippen molar-refractivity contribution in [2.24, 2.45) is 23.5 Å². The predicted octanol–water partition coefficient (Wildman–Crippen LogP) is 2.18. The summed E-state index contributed by atoms with van der Waals surface area (Å²) in [7, 11) is 1.74. The standard InChI is InChI=1S/C12H23NO/c1-12(13,8-14-2)7-11-6-9-3-4-10(11)5-9/h9-11H,3-8,13H2,1-2H3. The van der Waals surface area contributed by atoms with E-state index in [9.17, 15) is 0 Å². The molecule has 2 aliphatic carbocycles. The van der Waals surface area contributed by atoms with Crippen molar-refractivity contribution in [3.63, 3.8) is 0 Å². The Balaban J connectivity index is 1.86. The molecule has 0 radical (unpaired) electrons. The van der Waals surface area contributed by atoms with Crippen molar-refractivity contribution in [3.05, 3.63) is 0 Å². The van der Waals surface area contributed by atoms with E-state index in [0.29, 0.717) is 6.61 Å². The van der Waals surface area contributed by atoms with E-state index in [4.69, 9.17) is 10.5 Å². The van der Waals surface area contributed by atoms with E-state index in [0.717, 1.165) is 24.2 Å². The zero-order valence-corrected chi connectivity index (χ0v) is 9.46. The first-order valence-corrected chi connectivity index (χ1v) is 5.88. The Bertz CT molecular complexity index is 202. The Hall–Kier alpha value is -0.0800. The molecule has 2 N–H and O–H groups in total. The maximum absolute atomic E-state index is 6.21. The van der Waals surface area contributed by atoms with Gasteiger partial charge in [0.05, 0.1) is 6.61 Å². The van der Waals surface area contributed by atoms with Crippen molar-refractivity contribution in [3.8, 4) is 0 Å². The lowest BCUT2D eigenvalue weighted by Gasteiger charge is -2.31. The van der Waals surface area contributed by atoms with Gasteiger partial charge in [0.1, 0.15) is 0 Å². The smallest absolute Gasteiger partial charge is 0.0639 e. The summed E-state index contributed by atoms with van der Waals surface area (Å²) < 4.78 is 5.17. The summed E-state index contributed by atoms with van der Waals surface area (Å²) >= 11 is 0. The highest BCUT2D eigenvalue weighted by Gasteiger charge is 2.41. The maximum Gasteiger partial charge on any atom is 0.0639 e. The Morgan fingerprint density at radius 1 is 1.36 bits per heavy atom. The molecule has 0 aliphatic heterocycles. The molecule has 0 saturated heterocycles. The number of hydrogen-bond donors (Lipinski definition) is 1. The third-order valence-electron chi connectivity index (χ3n) is 4.09. The number of fused-ring (bicyclic) bond motifs is 2. The van der Waals surface area contributed by atoms with E-state index in [1.807, 2.05) is 0 Å². The van der Waals surface area contributed by atoms with Crippen LogP contribution in [0.25, 0.3) is 0 Å². The van der Waals surface area contributed by atoms with Gasteiger partial charge in [0.15, 0.2) is 0 Å². The lowest BCUT2D eigenvalue weighted by atomic mass is 9.80. The fourth-order valence-electron chi connectivity index (χ4n) is 3.61. The molecule has 0 amide bonds.